The van der Waals surface area contributed by atoms with Crippen molar-refractivity contribution < 1.29 is 9.18 Å². The molecule has 0 aromatic heterocycles. The molecule has 0 saturated heterocycles. The van der Waals surface area contributed by atoms with Gasteiger partial charge >= 0.3 is 0 Å². The van der Waals surface area contributed by atoms with Gasteiger partial charge in [0.15, 0.2) is 0 Å². The SMILES string of the molecule is O=C(Nc1c(I)cc(I)cc1I)c1cc(Br)ccc1F. The summed E-state index contributed by atoms with van der Waals surface area (Å²) in [6.07, 6.45) is 0. The summed E-state index contributed by atoms with van der Waals surface area (Å²) in [4.78, 5) is 12.2. The third-order valence-electron chi connectivity index (χ3n) is 2.42. The standard InChI is InChI=1S/C13H6BrFI3NO/c14-6-1-2-9(15)8(3-6)13(20)19-12-10(17)4-7(16)5-11(12)18/h1-5H,(H,19,20). The third-order valence-corrected chi connectivity index (χ3v) is 5.24. The number of amides is 1. The second-order valence-corrected chi connectivity index (χ2v) is 8.31. The van der Waals surface area contributed by atoms with Crippen LogP contribution in [0.2, 0.25) is 0 Å². The lowest BCUT2D eigenvalue weighted by molar-refractivity contribution is 0.102. The Bertz CT molecular complexity index is 670. The Labute approximate surface area is 164 Å². The first-order chi connectivity index (χ1) is 9.38. The molecule has 0 unspecified atom stereocenters. The Hall–Kier alpha value is 0.510. The molecule has 0 aliphatic carbocycles. The largest absolute Gasteiger partial charge is 0.320 e. The van der Waals surface area contributed by atoms with Gasteiger partial charge in [-0.05, 0) is 98.1 Å². The Morgan fingerprint density at radius 1 is 1.10 bits per heavy atom. The molecule has 0 saturated carbocycles. The Morgan fingerprint density at radius 3 is 2.30 bits per heavy atom. The Morgan fingerprint density at radius 2 is 1.70 bits per heavy atom. The van der Waals surface area contributed by atoms with Crippen LogP contribution in [0.3, 0.4) is 0 Å². The maximum atomic E-state index is 13.7. The van der Waals surface area contributed by atoms with E-state index in [2.05, 4.69) is 89.0 Å². The van der Waals surface area contributed by atoms with Crippen molar-refractivity contribution in [2.24, 2.45) is 0 Å². The van der Waals surface area contributed by atoms with Gasteiger partial charge in [0.2, 0.25) is 0 Å². The predicted octanol–water partition coefficient (Wildman–Crippen LogP) is 5.65. The molecular formula is C13H6BrFI3NO. The molecule has 0 aliphatic heterocycles. The number of hydrogen-bond acceptors (Lipinski definition) is 1. The van der Waals surface area contributed by atoms with E-state index >= 15 is 0 Å². The summed E-state index contributed by atoms with van der Waals surface area (Å²) in [5.74, 6) is -0.998. The predicted molar refractivity (Wildman–Crippen MR) is 107 cm³/mol. The summed E-state index contributed by atoms with van der Waals surface area (Å²) in [7, 11) is 0. The van der Waals surface area contributed by atoms with Crippen molar-refractivity contribution >= 4 is 95.3 Å². The van der Waals surface area contributed by atoms with E-state index in [1.165, 1.54) is 12.1 Å². The summed E-state index contributed by atoms with van der Waals surface area (Å²) in [5, 5.41) is 2.77. The Kier molecular flexibility index (Phi) is 6.06. The van der Waals surface area contributed by atoms with E-state index in [-0.39, 0.29) is 5.56 Å². The third kappa shape index (κ3) is 4.03. The fourth-order valence-corrected chi connectivity index (χ4v) is 5.73. The molecule has 0 atom stereocenters. The van der Waals surface area contributed by atoms with Crippen molar-refractivity contribution in [1.29, 1.82) is 0 Å². The van der Waals surface area contributed by atoms with Crippen LogP contribution < -0.4 is 5.32 Å². The number of rotatable bonds is 2. The van der Waals surface area contributed by atoms with Crippen LogP contribution in [-0.4, -0.2) is 5.91 Å². The minimum atomic E-state index is -0.541. The number of anilines is 1. The highest BCUT2D eigenvalue weighted by Crippen LogP contribution is 2.28. The molecule has 0 radical (unpaired) electrons. The van der Waals surface area contributed by atoms with E-state index in [9.17, 15) is 9.18 Å². The first kappa shape index (κ1) is 16.9. The highest BCUT2D eigenvalue weighted by Gasteiger charge is 2.15. The maximum Gasteiger partial charge on any atom is 0.258 e. The second-order valence-electron chi connectivity index (χ2n) is 3.82. The molecule has 2 nitrogen and oxygen atoms in total. The van der Waals surface area contributed by atoms with Crippen LogP contribution in [0.1, 0.15) is 10.4 Å². The molecule has 0 bridgehead atoms. The molecule has 0 spiro atoms. The zero-order chi connectivity index (χ0) is 14.9. The van der Waals surface area contributed by atoms with Gasteiger partial charge in [-0.1, -0.05) is 15.9 Å². The highest BCUT2D eigenvalue weighted by molar-refractivity contribution is 14.1. The van der Waals surface area contributed by atoms with Gasteiger partial charge in [-0.2, -0.15) is 0 Å². The molecule has 104 valence electrons. The summed E-state index contributed by atoms with van der Waals surface area (Å²) in [6.45, 7) is 0. The van der Waals surface area contributed by atoms with Crippen LogP contribution in [0, 0.1) is 16.5 Å². The molecule has 1 N–H and O–H groups in total. The van der Waals surface area contributed by atoms with E-state index in [1.54, 1.807) is 6.07 Å². The van der Waals surface area contributed by atoms with Crippen molar-refractivity contribution in [3.8, 4) is 0 Å². The number of benzene rings is 2. The monoisotopic (exact) mass is 671 g/mol. The molecule has 0 aliphatic rings. The summed E-state index contributed by atoms with van der Waals surface area (Å²) < 4.78 is 17.3. The smallest absolute Gasteiger partial charge is 0.258 e. The molecule has 0 heterocycles. The number of nitrogens with one attached hydrogen (secondary N) is 1. The van der Waals surface area contributed by atoms with Gasteiger partial charge in [-0.3, -0.25) is 4.79 Å². The zero-order valence-corrected chi connectivity index (χ0v) is 17.7. The average Bonchev–Trinajstić information content (AvgIpc) is 2.36. The molecular weight excluding hydrogens is 666 g/mol. The normalized spacial score (nSPS) is 10.4. The van der Waals surface area contributed by atoms with Crippen LogP contribution in [-0.2, 0) is 0 Å². The van der Waals surface area contributed by atoms with Crippen molar-refractivity contribution in [3.05, 3.63) is 56.9 Å². The van der Waals surface area contributed by atoms with E-state index in [0.717, 1.165) is 10.7 Å². The lowest BCUT2D eigenvalue weighted by Crippen LogP contribution is -2.15. The van der Waals surface area contributed by atoms with Gasteiger partial charge in [-0.15, -0.1) is 0 Å². The molecule has 20 heavy (non-hydrogen) atoms. The first-order valence-corrected chi connectivity index (χ1v) is 9.32. The van der Waals surface area contributed by atoms with Crippen LogP contribution in [0.15, 0.2) is 34.8 Å². The zero-order valence-electron chi connectivity index (χ0n) is 9.68. The van der Waals surface area contributed by atoms with E-state index in [4.69, 9.17) is 0 Å². The van der Waals surface area contributed by atoms with Crippen LogP contribution in [0.5, 0.6) is 0 Å². The molecule has 0 fully saturated rings. The Balaban J connectivity index is 2.35. The van der Waals surface area contributed by atoms with Crippen molar-refractivity contribution in [3.63, 3.8) is 0 Å². The summed E-state index contributed by atoms with van der Waals surface area (Å²) in [6, 6.07) is 8.21. The van der Waals surface area contributed by atoms with E-state index < -0.39 is 11.7 Å². The minimum Gasteiger partial charge on any atom is -0.320 e. The van der Waals surface area contributed by atoms with Gasteiger partial charge in [-0.25, -0.2) is 4.39 Å². The minimum absolute atomic E-state index is 0.0181. The summed E-state index contributed by atoms with van der Waals surface area (Å²) >= 11 is 9.76. The van der Waals surface area contributed by atoms with Crippen molar-refractivity contribution in [1.82, 2.24) is 0 Å². The fraction of sp³-hybridized carbons (Fsp3) is 0. The highest BCUT2D eigenvalue weighted by atomic mass is 127. The lowest BCUT2D eigenvalue weighted by atomic mass is 10.2. The van der Waals surface area contributed by atoms with Crippen LogP contribution in [0.25, 0.3) is 0 Å². The van der Waals surface area contributed by atoms with Crippen molar-refractivity contribution in [2.45, 2.75) is 0 Å². The fourth-order valence-electron chi connectivity index (χ4n) is 1.51. The molecule has 1 amide bonds. The van der Waals surface area contributed by atoms with E-state index in [1.807, 2.05) is 12.1 Å². The average molecular weight is 672 g/mol. The van der Waals surface area contributed by atoms with E-state index in [0.29, 0.717) is 10.2 Å². The number of carbonyl (C=O) groups is 1. The van der Waals surface area contributed by atoms with Gasteiger partial charge in [0.05, 0.1) is 11.3 Å². The van der Waals surface area contributed by atoms with Gasteiger partial charge < -0.3 is 5.32 Å². The quantitative estimate of drug-likeness (QED) is 0.411. The molecule has 7 heteroatoms. The molecule has 2 rings (SSSR count). The topological polar surface area (TPSA) is 29.1 Å². The molecule has 2 aromatic carbocycles. The lowest BCUT2D eigenvalue weighted by Gasteiger charge is -2.11. The second kappa shape index (κ2) is 7.18. The van der Waals surface area contributed by atoms with Crippen molar-refractivity contribution in [2.75, 3.05) is 5.32 Å². The number of halogens is 5. The maximum absolute atomic E-state index is 13.7. The van der Waals surface area contributed by atoms with Crippen LogP contribution in [0.4, 0.5) is 10.1 Å². The number of carbonyl (C=O) groups excluding carboxylic acids is 1. The molecule has 2 aromatic rings. The van der Waals surface area contributed by atoms with Crippen LogP contribution >= 0.6 is 83.7 Å². The first-order valence-electron chi connectivity index (χ1n) is 5.29. The number of hydrogen-bond donors (Lipinski definition) is 1. The van der Waals surface area contributed by atoms with Gasteiger partial charge in [0, 0.05) is 15.2 Å². The summed E-state index contributed by atoms with van der Waals surface area (Å²) in [5.41, 5.74) is 0.723. The van der Waals surface area contributed by atoms with Gasteiger partial charge in [0.25, 0.3) is 5.91 Å². The van der Waals surface area contributed by atoms with Gasteiger partial charge in [0.1, 0.15) is 5.82 Å².